The highest BCUT2D eigenvalue weighted by Gasteiger charge is 2.37. The molecule has 0 aromatic carbocycles. The number of nitrogens with one attached hydrogen (secondary N) is 1. The normalized spacial score (nSPS) is 13.0. The third-order valence-corrected chi connectivity index (χ3v) is 3.33. The average molecular weight is 288 g/mol. The molecule has 0 spiro atoms. The summed E-state index contributed by atoms with van der Waals surface area (Å²) in [5, 5.41) is 3.27. The van der Waals surface area contributed by atoms with Crippen molar-refractivity contribution in [1.29, 1.82) is 0 Å². The molecule has 0 fully saturated rings. The van der Waals surface area contributed by atoms with E-state index in [2.05, 4.69) is 24.1 Å². The summed E-state index contributed by atoms with van der Waals surface area (Å²) in [4.78, 5) is 3.86. The summed E-state index contributed by atoms with van der Waals surface area (Å²) in [5.74, 6) is 0.530. The van der Waals surface area contributed by atoms with Gasteiger partial charge in [0.25, 0.3) is 0 Å². The van der Waals surface area contributed by atoms with Crippen LogP contribution in [0.15, 0.2) is 18.5 Å². The number of alkyl halides is 3. The van der Waals surface area contributed by atoms with Gasteiger partial charge in [-0.25, -0.2) is 0 Å². The van der Waals surface area contributed by atoms with E-state index in [-0.39, 0.29) is 5.56 Å². The predicted molar refractivity (Wildman–Crippen MR) is 74.6 cm³/mol. The van der Waals surface area contributed by atoms with Gasteiger partial charge in [0.05, 0.1) is 5.56 Å². The molecule has 0 radical (unpaired) electrons. The predicted octanol–water partition coefficient (Wildman–Crippen LogP) is 4.01. The molecule has 0 saturated carbocycles. The molecule has 2 nitrogen and oxygen atoms in total. The van der Waals surface area contributed by atoms with Gasteiger partial charge in [-0.05, 0) is 42.5 Å². The van der Waals surface area contributed by atoms with Crippen LogP contribution in [-0.4, -0.2) is 18.1 Å². The number of nitrogens with zero attached hydrogens (tertiary/aromatic N) is 1. The molecule has 1 N–H and O–H groups in total. The van der Waals surface area contributed by atoms with Crippen LogP contribution in [0.5, 0.6) is 0 Å². The van der Waals surface area contributed by atoms with E-state index in [0.717, 1.165) is 12.6 Å². The van der Waals surface area contributed by atoms with Gasteiger partial charge in [-0.15, -0.1) is 0 Å². The molecule has 0 amide bonds. The monoisotopic (exact) mass is 288 g/mol. The molecule has 1 rings (SSSR count). The highest BCUT2D eigenvalue weighted by atomic mass is 19.4. The summed E-state index contributed by atoms with van der Waals surface area (Å²) in [6.07, 6.45) is -1.17. The third kappa shape index (κ3) is 4.78. The molecular weight excluding hydrogens is 265 g/mol. The van der Waals surface area contributed by atoms with E-state index in [0.29, 0.717) is 18.9 Å². The van der Waals surface area contributed by atoms with Gasteiger partial charge in [0.15, 0.2) is 0 Å². The Kier molecular flexibility index (Phi) is 5.57. The van der Waals surface area contributed by atoms with Gasteiger partial charge in [0.1, 0.15) is 0 Å². The topological polar surface area (TPSA) is 24.9 Å². The molecule has 0 saturated heterocycles. The van der Waals surface area contributed by atoms with E-state index in [4.69, 9.17) is 0 Å². The number of hydrogen-bond acceptors (Lipinski definition) is 2. The van der Waals surface area contributed by atoms with Crippen molar-refractivity contribution < 1.29 is 13.2 Å². The van der Waals surface area contributed by atoms with Crippen molar-refractivity contribution >= 4 is 0 Å². The van der Waals surface area contributed by atoms with E-state index in [9.17, 15) is 13.2 Å². The number of rotatable bonds is 6. The maximum Gasteiger partial charge on any atom is 0.416 e. The standard InChI is InChI=1S/C15H23F3N2/c1-11(2)9-20-8-6-14(3,4)13-10-19-7-5-12(13)15(16,17)18/h5,7,10-11,20H,6,8-9H2,1-4H3. The van der Waals surface area contributed by atoms with Crippen LogP contribution in [-0.2, 0) is 11.6 Å². The number of aromatic nitrogens is 1. The maximum absolute atomic E-state index is 13.0. The van der Waals surface area contributed by atoms with Gasteiger partial charge in [0, 0.05) is 12.4 Å². The Hall–Kier alpha value is -1.10. The highest BCUT2D eigenvalue weighted by Crippen LogP contribution is 2.38. The van der Waals surface area contributed by atoms with Crippen molar-refractivity contribution in [3.63, 3.8) is 0 Å². The van der Waals surface area contributed by atoms with Crippen LogP contribution in [0.4, 0.5) is 13.2 Å². The number of pyridine rings is 1. The summed E-state index contributed by atoms with van der Waals surface area (Å²) in [7, 11) is 0. The fraction of sp³-hybridized carbons (Fsp3) is 0.667. The third-order valence-electron chi connectivity index (χ3n) is 3.33. The van der Waals surface area contributed by atoms with Crippen LogP contribution in [0.1, 0.15) is 45.2 Å². The van der Waals surface area contributed by atoms with E-state index >= 15 is 0 Å². The first-order chi connectivity index (χ1) is 9.14. The molecule has 0 atom stereocenters. The minimum atomic E-state index is -4.33. The van der Waals surface area contributed by atoms with Crippen molar-refractivity contribution in [2.45, 2.75) is 45.7 Å². The fourth-order valence-corrected chi connectivity index (χ4v) is 2.11. The smallest absolute Gasteiger partial charge is 0.316 e. The van der Waals surface area contributed by atoms with Crippen molar-refractivity contribution in [3.05, 3.63) is 29.6 Å². The largest absolute Gasteiger partial charge is 0.416 e. The van der Waals surface area contributed by atoms with Crippen LogP contribution in [0, 0.1) is 5.92 Å². The summed E-state index contributed by atoms with van der Waals surface area (Å²) < 4.78 is 39.1. The van der Waals surface area contributed by atoms with E-state index in [1.165, 1.54) is 12.4 Å². The molecule has 1 aromatic heterocycles. The van der Waals surface area contributed by atoms with Crippen molar-refractivity contribution in [1.82, 2.24) is 10.3 Å². The molecular formula is C15H23F3N2. The molecule has 0 aliphatic heterocycles. The van der Waals surface area contributed by atoms with Crippen LogP contribution in [0.25, 0.3) is 0 Å². The van der Waals surface area contributed by atoms with E-state index in [1.807, 2.05) is 13.8 Å². The quantitative estimate of drug-likeness (QED) is 0.800. The number of hydrogen-bond donors (Lipinski definition) is 1. The lowest BCUT2D eigenvalue weighted by molar-refractivity contribution is -0.138. The first kappa shape index (κ1) is 17.0. The highest BCUT2D eigenvalue weighted by molar-refractivity contribution is 5.32. The number of halogens is 3. The summed E-state index contributed by atoms with van der Waals surface area (Å²) in [5.41, 5.74) is -0.886. The Balaban J connectivity index is 2.82. The minimum absolute atomic E-state index is 0.263. The molecule has 1 aromatic rings. The summed E-state index contributed by atoms with van der Waals surface area (Å²) in [6, 6.07) is 1.05. The Morgan fingerprint density at radius 1 is 1.20 bits per heavy atom. The zero-order valence-corrected chi connectivity index (χ0v) is 12.5. The second kappa shape index (κ2) is 6.57. The Bertz CT molecular complexity index is 425. The van der Waals surface area contributed by atoms with Crippen LogP contribution in [0.3, 0.4) is 0 Å². The average Bonchev–Trinajstić information content (AvgIpc) is 2.33. The van der Waals surface area contributed by atoms with Gasteiger partial charge in [-0.2, -0.15) is 13.2 Å². The Labute approximate surface area is 118 Å². The molecule has 114 valence electrons. The van der Waals surface area contributed by atoms with Crippen LogP contribution < -0.4 is 5.32 Å². The lowest BCUT2D eigenvalue weighted by Crippen LogP contribution is -2.29. The molecule has 0 unspecified atom stereocenters. The van der Waals surface area contributed by atoms with Gasteiger partial charge in [0.2, 0.25) is 0 Å². The maximum atomic E-state index is 13.0. The van der Waals surface area contributed by atoms with Crippen molar-refractivity contribution in [2.75, 3.05) is 13.1 Å². The van der Waals surface area contributed by atoms with E-state index < -0.39 is 17.2 Å². The lowest BCUT2D eigenvalue weighted by atomic mass is 9.80. The van der Waals surface area contributed by atoms with Gasteiger partial charge in [-0.1, -0.05) is 27.7 Å². The lowest BCUT2D eigenvalue weighted by Gasteiger charge is -2.28. The second-order valence-electron chi connectivity index (χ2n) is 6.15. The minimum Gasteiger partial charge on any atom is -0.316 e. The van der Waals surface area contributed by atoms with Crippen LogP contribution >= 0.6 is 0 Å². The first-order valence-electron chi connectivity index (χ1n) is 6.87. The summed E-state index contributed by atoms with van der Waals surface area (Å²) >= 11 is 0. The van der Waals surface area contributed by atoms with Crippen molar-refractivity contribution in [3.8, 4) is 0 Å². The molecule has 0 aliphatic rings. The molecule has 0 bridgehead atoms. The van der Waals surface area contributed by atoms with Crippen molar-refractivity contribution in [2.24, 2.45) is 5.92 Å². The molecule has 1 heterocycles. The first-order valence-corrected chi connectivity index (χ1v) is 6.87. The second-order valence-corrected chi connectivity index (χ2v) is 6.15. The zero-order valence-electron chi connectivity index (χ0n) is 12.5. The molecule has 20 heavy (non-hydrogen) atoms. The van der Waals surface area contributed by atoms with Gasteiger partial charge < -0.3 is 5.32 Å². The SMILES string of the molecule is CC(C)CNCCC(C)(C)c1cnccc1C(F)(F)F. The van der Waals surface area contributed by atoms with Crippen LogP contribution in [0.2, 0.25) is 0 Å². The van der Waals surface area contributed by atoms with Gasteiger partial charge in [-0.3, -0.25) is 4.98 Å². The Morgan fingerprint density at radius 3 is 2.40 bits per heavy atom. The fourth-order valence-electron chi connectivity index (χ4n) is 2.11. The molecule has 0 aliphatic carbocycles. The van der Waals surface area contributed by atoms with Gasteiger partial charge >= 0.3 is 6.18 Å². The zero-order chi connectivity index (χ0) is 15.4. The summed E-state index contributed by atoms with van der Waals surface area (Å²) in [6.45, 7) is 9.42. The van der Waals surface area contributed by atoms with E-state index in [1.54, 1.807) is 0 Å². The molecule has 5 heteroatoms. The Morgan fingerprint density at radius 2 is 1.85 bits per heavy atom.